The number of likely N-dealkylation sites (tertiary alicyclic amines) is 1. The quantitative estimate of drug-likeness (QED) is 0.701. The smallest absolute Gasteiger partial charge is 0.253 e. The van der Waals surface area contributed by atoms with Gasteiger partial charge in [0.25, 0.3) is 5.56 Å². The average molecular weight is 351 g/mol. The molecule has 1 fully saturated rings. The van der Waals surface area contributed by atoms with Gasteiger partial charge in [-0.25, -0.2) is 4.98 Å². The molecule has 4 rings (SSSR count). The summed E-state index contributed by atoms with van der Waals surface area (Å²) in [5.41, 5.74) is 1.52. The molecule has 7 nitrogen and oxygen atoms in total. The highest BCUT2D eigenvalue weighted by molar-refractivity contribution is 5.56. The maximum atomic E-state index is 12.4. The Kier molecular flexibility index (Phi) is 4.88. The van der Waals surface area contributed by atoms with Gasteiger partial charge in [-0.05, 0) is 44.0 Å². The van der Waals surface area contributed by atoms with Gasteiger partial charge in [-0.2, -0.15) is 0 Å². The second kappa shape index (κ2) is 7.61. The molecule has 1 saturated heterocycles. The molecule has 134 valence electrons. The Balaban J connectivity index is 1.35. The van der Waals surface area contributed by atoms with E-state index < -0.39 is 0 Å². The first-order chi connectivity index (χ1) is 12.8. The van der Waals surface area contributed by atoms with E-state index in [0.717, 1.165) is 50.3 Å². The number of rotatable bonds is 5. The zero-order valence-electron chi connectivity index (χ0n) is 14.5. The van der Waals surface area contributed by atoms with Crippen LogP contribution in [0.25, 0.3) is 11.3 Å². The van der Waals surface area contributed by atoms with Gasteiger partial charge in [0.1, 0.15) is 0 Å². The maximum Gasteiger partial charge on any atom is 0.253 e. The lowest BCUT2D eigenvalue weighted by molar-refractivity contribution is 0.152. The molecule has 0 unspecified atom stereocenters. The van der Waals surface area contributed by atoms with Crippen molar-refractivity contribution in [3.63, 3.8) is 0 Å². The largest absolute Gasteiger partial charge is 0.360 e. The molecule has 0 N–H and O–H groups in total. The second-order valence-electron chi connectivity index (χ2n) is 6.70. The second-order valence-corrected chi connectivity index (χ2v) is 6.70. The fourth-order valence-electron chi connectivity index (χ4n) is 3.38. The third-order valence-corrected chi connectivity index (χ3v) is 4.87. The maximum absolute atomic E-state index is 12.4. The molecule has 0 radical (unpaired) electrons. The molecule has 7 heteroatoms. The molecular formula is C19H21N5O2. The number of piperidine rings is 1. The Labute approximate surface area is 151 Å². The van der Waals surface area contributed by atoms with E-state index >= 15 is 0 Å². The van der Waals surface area contributed by atoms with Gasteiger partial charge in [-0.1, -0.05) is 5.16 Å². The molecule has 0 aromatic carbocycles. The molecule has 0 spiro atoms. The summed E-state index contributed by atoms with van der Waals surface area (Å²) in [6.07, 6.45) is 8.88. The first-order valence-electron chi connectivity index (χ1n) is 8.87. The van der Waals surface area contributed by atoms with E-state index in [4.69, 9.17) is 4.52 Å². The highest BCUT2D eigenvalue weighted by Gasteiger charge is 2.21. The van der Waals surface area contributed by atoms with E-state index in [1.165, 1.54) is 0 Å². The van der Waals surface area contributed by atoms with E-state index in [1.807, 2.05) is 18.2 Å². The lowest BCUT2D eigenvalue weighted by Crippen LogP contribution is -2.35. The Hall–Kier alpha value is -2.80. The van der Waals surface area contributed by atoms with Crippen LogP contribution in [0.1, 0.15) is 18.6 Å². The van der Waals surface area contributed by atoms with E-state index in [9.17, 15) is 4.79 Å². The monoisotopic (exact) mass is 351 g/mol. The molecule has 1 aliphatic rings. The van der Waals surface area contributed by atoms with Crippen molar-refractivity contribution in [2.24, 2.45) is 5.92 Å². The molecule has 0 atom stereocenters. The van der Waals surface area contributed by atoms with E-state index in [1.54, 1.807) is 35.6 Å². The topological polar surface area (TPSA) is 77.1 Å². The van der Waals surface area contributed by atoms with Crippen molar-refractivity contribution in [1.29, 1.82) is 0 Å². The molecule has 1 aliphatic heterocycles. The molecule has 0 amide bonds. The third kappa shape index (κ3) is 3.88. The molecular weight excluding hydrogens is 330 g/mol. The van der Waals surface area contributed by atoms with Crippen LogP contribution in [0.3, 0.4) is 0 Å². The van der Waals surface area contributed by atoms with Crippen molar-refractivity contribution >= 4 is 0 Å². The predicted molar refractivity (Wildman–Crippen MR) is 96.2 cm³/mol. The Morgan fingerprint density at radius 1 is 1.19 bits per heavy atom. The van der Waals surface area contributed by atoms with Crippen LogP contribution in [-0.2, 0) is 13.1 Å². The lowest BCUT2D eigenvalue weighted by atomic mass is 9.96. The normalized spacial score (nSPS) is 16.0. The highest BCUT2D eigenvalue weighted by atomic mass is 16.5. The van der Waals surface area contributed by atoms with Crippen molar-refractivity contribution in [1.82, 2.24) is 24.6 Å². The lowest BCUT2D eigenvalue weighted by Gasteiger charge is -2.31. The molecule has 3 aromatic rings. The predicted octanol–water partition coefficient (Wildman–Crippen LogP) is 2.21. The van der Waals surface area contributed by atoms with Gasteiger partial charge in [0.15, 0.2) is 5.76 Å². The van der Waals surface area contributed by atoms with Crippen LogP contribution in [0.4, 0.5) is 0 Å². The molecule has 0 saturated carbocycles. The van der Waals surface area contributed by atoms with Crippen LogP contribution in [0.5, 0.6) is 0 Å². The van der Waals surface area contributed by atoms with Gasteiger partial charge in [0.2, 0.25) is 0 Å². The summed E-state index contributed by atoms with van der Waals surface area (Å²) < 4.78 is 6.89. The number of pyridine rings is 1. The molecule has 4 heterocycles. The van der Waals surface area contributed by atoms with E-state index in [0.29, 0.717) is 11.6 Å². The van der Waals surface area contributed by atoms with Crippen molar-refractivity contribution < 1.29 is 4.52 Å². The van der Waals surface area contributed by atoms with Gasteiger partial charge in [0, 0.05) is 36.6 Å². The van der Waals surface area contributed by atoms with Crippen molar-refractivity contribution in [3.05, 3.63) is 65.3 Å². The Morgan fingerprint density at radius 2 is 2.08 bits per heavy atom. The summed E-state index contributed by atoms with van der Waals surface area (Å²) in [4.78, 5) is 23.3. The van der Waals surface area contributed by atoms with Crippen molar-refractivity contribution in [2.75, 3.05) is 13.1 Å². The summed E-state index contributed by atoms with van der Waals surface area (Å²) in [5, 5.41) is 3.75. The summed E-state index contributed by atoms with van der Waals surface area (Å²) in [7, 11) is 0. The first kappa shape index (κ1) is 16.7. The van der Waals surface area contributed by atoms with Crippen LogP contribution < -0.4 is 5.56 Å². The number of aromatic nitrogens is 4. The van der Waals surface area contributed by atoms with Crippen molar-refractivity contribution in [2.45, 2.75) is 25.9 Å². The minimum atomic E-state index is -0.0112. The summed E-state index contributed by atoms with van der Waals surface area (Å²) in [6, 6.07) is 7.25. The highest BCUT2D eigenvalue weighted by Crippen LogP contribution is 2.20. The fourth-order valence-corrected chi connectivity index (χ4v) is 3.38. The van der Waals surface area contributed by atoms with Crippen LogP contribution in [0.2, 0.25) is 0 Å². The average Bonchev–Trinajstić information content (AvgIpc) is 3.19. The van der Waals surface area contributed by atoms with Crippen LogP contribution >= 0.6 is 0 Å². The Bertz CT molecular complexity index is 884. The standard InChI is InChI=1S/C19H21N5O2/c25-19-10-18(16-2-1-6-20-11-16)21-14-24(19)12-15-4-8-23(9-5-15)13-17-3-7-22-26-17/h1-3,6-7,10-11,14-15H,4-5,8-9,12-13H2. The zero-order chi connectivity index (χ0) is 17.8. The third-order valence-electron chi connectivity index (χ3n) is 4.87. The fraction of sp³-hybridized carbons (Fsp3) is 0.368. The van der Waals surface area contributed by atoms with Gasteiger partial charge < -0.3 is 4.52 Å². The van der Waals surface area contributed by atoms with Crippen LogP contribution in [-0.4, -0.2) is 37.7 Å². The van der Waals surface area contributed by atoms with Crippen LogP contribution in [0, 0.1) is 5.92 Å². The van der Waals surface area contributed by atoms with Crippen molar-refractivity contribution in [3.8, 4) is 11.3 Å². The number of hydrogen-bond donors (Lipinski definition) is 0. The summed E-state index contributed by atoms with van der Waals surface area (Å²) in [5.74, 6) is 1.39. The Morgan fingerprint density at radius 3 is 2.77 bits per heavy atom. The van der Waals surface area contributed by atoms with Gasteiger partial charge in [-0.15, -0.1) is 0 Å². The van der Waals surface area contributed by atoms with Gasteiger partial charge in [0.05, 0.1) is 24.8 Å². The summed E-state index contributed by atoms with van der Waals surface area (Å²) >= 11 is 0. The molecule has 0 bridgehead atoms. The molecule has 3 aromatic heterocycles. The van der Waals surface area contributed by atoms with E-state index in [2.05, 4.69) is 20.0 Å². The molecule has 26 heavy (non-hydrogen) atoms. The summed E-state index contributed by atoms with van der Waals surface area (Å²) in [6.45, 7) is 3.52. The van der Waals surface area contributed by atoms with Gasteiger partial charge >= 0.3 is 0 Å². The SMILES string of the molecule is O=c1cc(-c2cccnc2)ncn1CC1CCN(Cc2ccno2)CC1. The minimum absolute atomic E-state index is 0.0112. The zero-order valence-corrected chi connectivity index (χ0v) is 14.5. The minimum Gasteiger partial charge on any atom is -0.360 e. The first-order valence-corrected chi connectivity index (χ1v) is 8.87. The van der Waals surface area contributed by atoms with Gasteiger partial charge in [-0.3, -0.25) is 19.2 Å². The number of hydrogen-bond acceptors (Lipinski definition) is 6. The molecule has 0 aliphatic carbocycles. The number of nitrogens with zero attached hydrogens (tertiary/aromatic N) is 5. The van der Waals surface area contributed by atoms with Crippen LogP contribution in [0.15, 0.2) is 58.5 Å². The van der Waals surface area contributed by atoms with E-state index in [-0.39, 0.29) is 5.56 Å².